The molecule has 0 heterocycles. The first kappa shape index (κ1) is 13.9. The Bertz CT molecular complexity index is 607. The molecule has 3 heteroatoms. The molecule has 0 aliphatic carbocycles. The fourth-order valence-corrected chi connectivity index (χ4v) is 2.46. The summed E-state index contributed by atoms with van der Waals surface area (Å²) in [5, 5.41) is 0. The van der Waals surface area contributed by atoms with Crippen LogP contribution in [0.2, 0.25) is 0 Å². The van der Waals surface area contributed by atoms with Crippen LogP contribution in [0, 0.1) is 5.82 Å². The fourth-order valence-electron chi connectivity index (χ4n) is 2.03. The summed E-state index contributed by atoms with van der Waals surface area (Å²) in [6.45, 7) is 2.03. The molecule has 2 aromatic carbocycles. The van der Waals surface area contributed by atoms with Gasteiger partial charge < -0.3 is 0 Å². The first-order valence-electron chi connectivity index (χ1n) is 6.17. The van der Waals surface area contributed by atoms with Gasteiger partial charge in [0.1, 0.15) is 5.82 Å². The average molecular weight is 321 g/mol. The number of carbonyl (C=O) groups excluding carboxylic acids is 1. The Balaban J connectivity index is 2.23. The molecular formula is C16H14BrFO. The van der Waals surface area contributed by atoms with E-state index in [1.165, 1.54) is 6.07 Å². The quantitative estimate of drug-likeness (QED) is 0.754. The number of hydrogen-bond donors (Lipinski definition) is 0. The van der Waals surface area contributed by atoms with E-state index in [1.807, 2.05) is 31.2 Å². The van der Waals surface area contributed by atoms with E-state index in [2.05, 4.69) is 15.9 Å². The SMILES string of the molecule is CCc1ccccc1C(=O)Cc1ccc(F)c(Br)c1. The summed E-state index contributed by atoms with van der Waals surface area (Å²) in [6, 6.07) is 12.3. The number of benzene rings is 2. The number of carbonyl (C=O) groups is 1. The largest absolute Gasteiger partial charge is 0.294 e. The third kappa shape index (κ3) is 3.29. The molecule has 2 rings (SSSR count). The van der Waals surface area contributed by atoms with E-state index < -0.39 is 0 Å². The lowest BCUT2D eigenvalue weighted by atomic mass is 9.97. The Hall–Kier alpha value is -1.48. The van der Waals surface area contributed by atoms with Crippen LogP contribution in [0.25, 0.3) is 0 Å². The van der Waals surface area contributed by atoms with Crippen molar-refractivity contribution < 1.29 is 9.18 Å². The molecule has 0 aliphatic rings. The number of halogens is 2. The normalized spacial score (nSPS) is 10.5. The second kappa shape index (κ2) is 6.11. The molecule has 0 saturated carbocycles. The lowest BCUT2D eigenvalue weighted by Crippen LogP contribution is -2.06. The van der Waals surface area contributed by atoms with Crippen molar-refractivity contribution in [2.75, 3.05) is 0 Å². The molecule has 1 nitrogen and oxygen atoms in total. The summed E-state index contributed by atoms with van der Waals surface area (Å²) < 4.78 is 13.5. The predicted octanol–water partition coefficient (Wildman–Crippen LogP) is 4.58. The highest BCUT2D eigenvalue weighted by molar-refractivity contribution is 9.10. The summed E-state index contributed by atoms with van der Waals surface area (Å²) >= 11 is 3.13. The minimum Gasteiger partial charge on any atom is -0.294 e. The van der Waals surface area contributed by atoms with Crippen LogP contribution in [0.15, 0.2) is 46.9 Å². The third-order valence-electron chi connectivity index (χ3n) is 3.05. The van der Waals surface area contributed by atoms with E-state index in [9.17, 15) is 9.18 Å². The van der Waals surface area contributed by atoms with E-state index >= 15 is 0 Å². The zero-order chi connectivity index (χ0) is 13.8. The highest BCUT2D eigenvalue weighted by Gasteiger charge is 2.11. The second-order valence-electron chi connectivity index (χ2n) is 4.36. The lowest BCUT2D eigenvalue weighted by Gasteiger charge is -2.07. The van der Waals surface area contributed by atoms with Crippen LogP contribution < -0.4 is 0 Å². The topological polar surface area (TPSA) is 17.1 Å². The van der Waals surface area contributed by atoms with Gasteiger partial charge in [-0.3, -0.25) is 4.79 Å². The highest BCUT2D eigenvalue weighted by atomic mass is 79.9. The number of Topliss-reactive ketones (excluding diaryl/α,β-unsaturated/α-hetero) is 1. The van der Waals surface area contributed by atoms with Gasteiger partial charge in [0.05, 0.1) is 4.47 Å². The van der Waals surface area contributed by atoms with Crippen LogP contribution in [-0.2, 0) is 12.8 Å². The van der Waals surface area contributed by atoms with Crippen molar-refractivity contribution in [3.05, 3.63) is 69.4 Å². The first-order valence-corrected chi connectivity index (χ1v) is 6.96. The summed E-state index contributed by atoms with van der Waals surface area (Å²) in [4.78, 5) is 12.3. The Kier molecular flexibility index (Phi) is 4.48. The number of hydrogen-bond acceptors (Lipinski definition) is 1. The highest BCUT2D eigenvalue weighted by Crippen LogP contribution is 2.19. The van der Waals surface area contributed by atoms with Crippen LogP contribution in [0.3, 0.4) is 0 Å². The van der Waals surface area contributed by atoms with Crippen LogP contribution in [-0.4, -0.2) is 5.78 Å². The van der Waals surface area contributed by atoms with Crippen LogP contribution >= 0.6 is 15.9 Å². The van der Waals surface area contributed by atoms with Gasteiger partial charge in [0.2, 0.25) is 0 Å². The minimum absolute atomic E-state index is 0.0657. The maximum absolute atomic E-state index is 13.1. The minimum atomic E-state index is -0.315. The molecule has 0 saturated heterocycles. The van der Waals surface area contributed by atoms with E-state index in [4.69, 9.17) is 0 Å². The van der Waals surface area contributed by atoms with E-state index in [0.717, 1.165) is 23.1 Å². The predicted molar refractivity (Wildman–Crippen MR) is 78.0 cm³/mol. The number of aryl methyl sites for hydroxylation is 1. The molecule has 0 unspecified atom stereocenters. The molecule has 0 bridgehead atoms. The monoisotopic (exact) mass is 320 g/mol. The van der Waals surface area contributed by atoms with Gasteiger partial charge >= 0.3 is 0 Å². The second-order valence-corrected chi connectivity index (χ2v) is 5.21. The Labute approximate surface area is 120 Å². The van der Waals surface area contributed by atoms with Gasteiger partial charge in [-0.1, -0.05) is 37.3 Å². The Morgan fingerprint density at radius 1 is 1.21 bits per heavy atom. The maximum Gasteiger partial charge on any atom is 0.167 e. The molecule has 19 heavy (non-hydrogen) atoms. The zero-order valence-corrected chi connectivity index (χ0v) is 12.2. The van der Waals surface area contributed by atoms with Crippen molar-refractivity contribution in [3.63, 3.8) is 0 Å². The standard InChI is InChI=1S/C16H14BrFO/c1-2-12-5-3-4-6-13(12)16(19)10-11-7-8-15(18)14(17)9-11/h3-9H,2,10H2,1H3. The van der Waals surface area contributed by atoms with Gasteiger partial charge in [-0.25, -0.2) is 4.39 Å². The Morgan fingerprint density at radius 2 is 1.95 bits per heavy atom. The molecule has 0 aromatic heterocycles. The lowest BCUT2D eigenvalue weighted by molar-refractivity contribution is 0.0992. The molecule has 0 aliphatic heterocycles. The van der Waals surface area contributed by atoms with Gasteiger partial charge in [-0.2, -0.15) is 0 Å². The molecular weight excluding hydrogens is 307 g/mol. The summed E-state index contributed by atoms with van der Waals surface area (Å²) in [6.07, 6.45) is 1.12. The molecule has 0 radical (unpaired) electrons. The summed E-state index contributed by atoms with van der Waals surface area (Å²) in [5.74, 6) is -0.249. The number of rotatable bonds is 4. The first-order chi connectivity index (χ1) is 9.11. The molecule has 0 N–H and O–H groups in total. The summed E-state index contributed by atoms with van der Waals surface area (Å²) in [7, 11) is 0. The van der Waals surface area contributed by atoms with Crippen molar-refractivity contribution in [2.24, 2.45) is 0 Å². The third-order valence-corrected chi connectivity index (χ3v) is 3.66. The molecule has 0 spiro atoms. The molecule has 0 atom stereocenters. The molecule has 2 aromatic rings. The van der Waals surface area contributed by atoms with Crippen molar-refractivity contribution in [1.82, 2.24) is 0 Å². The van der Waals surface area contributed by atoms with Gasteiger partial charge in [-0.15, -0.1) is 0 Å². The molecule has 0 fully saturated rings. The van der Waals surface area contributed by atoms with Crippen LogP contribution in [0.1, 0.15) is 28.4 Å². The molecule has 0 amide bonds. The van der Waals surface area contributed by atoms with Gasteiger partial charge in [-0.05, 0) is 45.6 Å². The van der Waals surface area contributed by atoms with Gasteiger partial charge in [0.15, 0.2) is 5.78 Å². The Morgan fingerprint density at radius 3 is 2.63 bits per heavy atom. The van der Waals surface area contributed by atoms with E-state index in [1.54, 1.807) is 12.1 Å². The van der Waals surface area contributed by atoms with Crippen LogP contribution in [0.5, 0.6) is 0 Å². The van der Waals surface area contributed by atoms with Crippen molar-refractivity contribution in [1.29, 1.82) is 0 Å². The van der Waals surface area contributed by atoms with Crippen molar-refractivity contribution in [3.8, 4) is 0 Å². The van der Waals surface area contributed by atoms with Gasteiger partial charge in [0.25, 0.3) is 0 Å². The van der Waals surface area contributed by atoms with Crippen molar-refractivity contribution in [2.45, 2.75) is 19.8 Å². The van der Waals surface area contributed by atoms with E-state index in [0.29, 0.717) is 4.47 Å². The van der Waals surface area contributed by atoms with E-state index in [-0.39, 0.29) is 18.0 Å². The van der Waals surface area contributed by atoms with Crippen molar-refractivity contribution >= 4 is 21.7 Å². The average Bonchev–Trinajstić information content (AvgIpc) is 2.43. The zero-order valence-electron chi connectivity index (χ0n) is 10.6. The number of ketones is 1. The van der Waals surface area contributed by atoms with Gasteiger partial charge in [0, 0.05) is 12.0 Å². The fraction of sp³-hybridized carbons (Fsp3) is 0.188. The maximum atomic E-state index is 13.1. The smallest absolute Gasteiger partial charge is 0.167 e. The molecule has 98 valence electrons. The summed E-state index contributed by atoms with van der Waals surface area (Å²) in [5.41, 5.74) is 2.61. The van der Waals surface area contributed by atoms with Crippen LogP contribution in [0.4, 0.5) is 4.39 Å².